The van der Waals surface area contributed by atoms with Gasteiger partial charge in [-0.1, -0.05) is 27.7 Å². The molecule has 0 aromatic carbocycles. The van der Waals surface area contributed by atoms with Crippen molar-refractivity contribution in [3.63, 3.8) is 0 Å². The summed E-state index contributed by atoms with van der Waals surface area (Å²) in [7, 11) is 0. The van der Waals surface area contributed by atoms with Gasteiger partial charge < -0.3 is 4.90 Å². The summed E-state index contributed by atoms with van der Waals surface area (Å²) in [5, 5.41) is 0. The normalized spacial score (nSPS) is 43.1. The fraction of sp³-hybridized carbons (Fsp3) is 0.938. The van der Waals surface area contributed by atoms with Crippen LogP contribution in [0.5, 0.6) is 0 Å². The summed E-state index contributed by atoms with van der Waals surface area (Å²) in [4.78, 5) is 14.8. The van der Waals surface area contributed by atoms with Gasteiger partial charge in [0, 0.05) is 32.0 Å². The van der Waals surface area contributed by atoms with Crippen LogP contribution in [0.3, 0.4) is 0 Å². The predicted molar refractivity (Wildman–Crippen MR) is 75.4 cm³/mol. The van der Waals surface area contributed by atoms with Gasteiger partial charge in [0.25, 0.3) is 0 Å². The van der Waals surface area contributed by atoms with Crippen LogP contribution < -0.4 is 0 Å². The van der Waals surface area contributed by atoms with E-state index in [2.05, 4.69) is 32.6 Å². The van der Waals surface area contributed by atoms with Gasteiger partial charge >= 0.3 is 0 Å². The molecule has 1 aliphatic heterocycles. The molecule has 2 fully saturated rings. The van der Waals surface area contributed by atoms with Crippen LogP contribution in [-0.4, -0.2) is 30.3 Å². The highest BCUT2D eigenvalue weighted by Crippen LogP contribution is 2.32. The molecule has 0 aromatic rings. The van der Waals surface area contributed by atoms with E-state index in [1.165, 1.54) is 25.9 Å². The molecule has 5 unspecified atom stereocenters. The fourth-order valence-electron chi connectivity index (χ4n) is 4.20. The van der Waals surface area contributed by atoms with E-state index in [0.717, 1.165) is 24.8 Å². The van der Waals surface area contributed by atoms with Crippen molar-refractivity contribution in [3.8, 4) is 0 Å². The Balaban J connectivity index is 1.93. The molecule has 0 bridgehead atoms. The van der Waals surface area contributed by atoms with Crippen molar-refractivity contribution in [2.45, 2.75) is 47.0 Å². The summed E-state index contributed by atoms with van der Waals surface area (Å²) in [5.41, 5.74) is 0. The molecular weight excluding hydrogens is 222 g/mol. The highest BCUT2D eigenvalue weighted by atomic mass is 16.1. The SMILES string of the molecule is CC1CC(=O)C(CN2CC(C)CC(C)C2)C(C)C1. The average Bonchev–Trinajstić information content (AvgIpc) is 2.22. The van der Waals surface area contributed by atoms with Crippen molar-refractivity contribution >= 4 is 5.78 Å². The summed E-state index contributed by atoms with van der Waals surface area (Å²) < 4.78 is 0. The smallest absolute Gasteiger partial charge is 0.137 e. The molecule has 1 aliphatic carbocycles. The van der Waals surface area contributed by atoms with E-state index < -0.39 is 0 Å². The van der Waals surface area contributed by atoms with Gasteiger partial charge in [0.1, 0.15) is 5.78 Å². The van der Waals surface area contributed by atoms with E-state index in [1.807, 2.05) is 0 Å². The first-order valence-electron chi connectivity index (χ1n) is 7.70. The molecule has 0 aromatic heterocycles. The minimum absolute atomic E-state index is 0.304. The Morgan fingerprint density at radius 2 is 1.61 bits per heavy atom. The van der Waals surface area contributed by atoms with Gasteiger partial charge in [0.15, 0.2) is 0 Å². The number of Topliss-reactive ketones (excluding diaryl/α,β-unsaturated/α-hetero) is 1. The molecule has 5 atom stereocenters. The van der Waals surface area contributed by atoms with Crippen LogP contribution in [0.15, 0.2) is 0 Å². The number of ketones is 1. The van der Waals surface area contributed by atoms with Gasteiger partial charge in [0.05, 0.1) is 0 Å². The molecule has 1 saturated carbocycles. The van der Waals surface area contributed by atoms with Crippen molar-refractivity contribution in [2.24, 2.45) is 29.6 Å². The molecule has 0 spiro atoms. The van der Waals surface area contributed by atoms with Crippen LogP contribution in [0.2, 0.25) is 0 Å². The Hall–Kier alpha value is -0.370. The van der Waals surface area contributed by atoms with Crippen molar-refractivity contribution in [1.29, 1.82) is 0 Å². The predicted octanol–water partition coefficient (Wildman–Crippen LogP) is 3.22. The minimum Gasteiger partial charge on any atom is -0.302 e. The van der Waals surface area contributed by atoms with Gasteiger partial charge in [-0.15, -0.1) is 0 Å². The first-order chi connectivity index (χ1) is 8.45. The second kappa shape index (κ2) is 5.73. The maximum atomic E-state index is 12.2. The molecule has 1 heterocycles. The maximum Gasteiger partial charge on any atom is 0.137 e. The van der Waals surface area contributed by atoms with Crippen LogP contribution in [0.25, 0.3) is 0 Å². The number of likely N-dealkylation sites (tertiary alicyclic amines) is 1. The zero-order valence-electron chi connectivity index (χ0n) is 12.5. The molecule has 0 amide bonds. The maximum absolute atomic E-state index is 12.2. The fourth-order valence-corrected chi connectivity index (χ4v) is 4.20. The van der Waals surface area contributed by atoms with E-state index in [4.69, 9.17) is 0 Å². The van der Waals surface area contributed by atoms with Crippen molar-refractivity contribution < 1.29 is 4.79 Å². The average molecular weight is 251 g/mol. The number of hydrogen-bond acceptors (Lipinski definition) is 2. The molecule has 2 nitrogen and oxygen atoms in total. The second-order valence-electron chi connectivity index (χ2n) is 7.26. The first kappa shape index (κ1) is 14.0. The number of nitrogens with zero attached hydrogens (tertiary/aromatic N) is 1. The zero-order valence-corrected chi connectivity index (χ0v) is 12.5. The van der Waals surface area contributed by atoms with Crippen LogP contribution >= 0.6 is 0 Å². The second-order valence-corrected chi connectivity index (χ2v) is 7.26. The minimum atomic E-state index is 0.304. The third-order valence-corrected chi connectivity index (χ3v) is 4.82. The highest BCUT2D eigenvalue weighted by Gasteiger charge is 2.34. The summed E-state index contributed by atoms with van der Waals surface area (Å²) in [6.07, 6.45) is 3.39. The number of carbonyl (C=O) groups excluding carboxylic acids is 1. The van der Waals surface area contributed by atoms with Crippen LogP contribution in [0.4, 0.5) is 0 Å². The molecule has 18 heavy (non-hydrogen) atoms. The van der Waals surface area contributed by atoms with E-state index in [0.29, 0.717) is 23.5 Å². The molecule has 2 rings (SSSR count). The summed E-state index contributed by atoms with van der Waals surface area (Å²) in [6, 6.07) is 0. The topological polar surface area (TPSA) is 20.3 Å². The lowest BCUT2D eigenvalue weighted by atomic mass is 9.74. The van der Waals surface area contributed by atoms with Crippen LogP contribution in [0, 0.1) is 29.6 Å². The molecule has 1 saturated heterocycles. The summed E-state index contributed by atoms with van der Waals surface area (Å²) in [5.74, 6) is 3.59. The monoisotopic (exact) mass is 251 g/mol. The van der Waals surface area contributed by atoms with Crippen LogP contribution in [0.1, 0.15) is 47.0 Å². The number of rotatable bonds is 2. The lowest BCUT2D eigenvalue weighted by Crippen LogP contribution is -2.45. The Kier molecular flexibility index (Phi) is 4.47. The lowest BCUT2D eigenvalue weighted by molar-refractivity contribution is -0.129. The van der Waals surface area contributed by atoms with E-state index in [1.54, 1.807) is 0 Å². The zero-order chi connectivity index (χ0) is 13.3. The first-order valence-corrected chi connectivity index (χ1v) is 7.70. The quantitative estimate of drug-likeness (QED) is 0.751. The van der Waals surface area contributed by atoms with Crippen molar-refractivity contribution in [2.75, 3.05) is 19.6 Å². The molecule has 0 N–H and O–H groups in total. The molecule has 104 valence electrons. The van der Waals surface area contributed by atoms with Crippen LogP contribution in [-0.2, 0) is 4.79 Å². The highest BCUT2D eigenvalue weighted by molar-refractivity contribution is 5.82. The Morgan fingerprint density at radius 1 is 1.00 bits per heavy atom. The Labute approximate surface area is 112 Å². The largest absolute Gasteiger partial charge is 0.302 e. The Morgan fingerprint density at radius 3 is 2.17 bits per heavy atom. The number of piperidine rings is 1. The van der Waals surface area contributed by atoms with Gasteiger partial charge in [-0.3, -0.25) is 4.79 Å². The van der Waals surface area contributed by atoms with Gasteiger partial charge in [-0.05, 0) is 36.5 Å². The van der Waals surface area contributed by atoms with Crippen molar-refractivity contribution in [1.82, 2.24) is 4.90 Å². The molecule has 2 heteroatoms. The third kappa shape index (κ3) is 3.34. The van der Waals surface area contributed by atoms with Gasteiger partial charge in [-0.2, -0.15) is 0 Å². The van der Waals surface area contributed by atoms with E-state index >= 15 is 0 Å². The molecular formula is C16H29NO. The van der Waals surface area contributed by atoms with Gasteiger partial charge in [-0.25, -0.2) is 0 Å². The van der Waals surface area contributed by atoms with Crippen molar-refractivity contribution in [3.05, 3.63) is 0 Å². The Bertz CT molecular complexity index is 291. The molecule has 0 radical (unpaired) electrons. The van der Waals surface area contributed by atoms with E-state index in [-0.39, 0.29) is 0 Å². The van der Waals surface area contributed by atoms with E-state index in [9.17, 15) is 4.79 Å². The van der Waals surface area contributed by atoms with Gasteiger partial charge in [0.2, 0.25) is 0 Å². The summed E-state index contributed by atoms with van der Waals surface area (Å²) in [6.45, 7) is 12.6. The third-order valence-electron chi connectivity index (χ3n) is 4.82. The summed E-state index contributed by atoms with van der Waals surface area (Å²) >= 11 is 0. The number of hydrogen-bond donors (Lipinski definition) is 0. The molecule has 2 aliphatic rings. The number of carbonyl (C=O) groups is 1. The standard InChI is InChI=1S/C16H29NO/c1-11-6-14(4)15(16(18)7-11)10-17-8-12(2)5-13(3)9-17/h11-15H,5-10H2,1-4H3. The lowest BCUT2D eigenvalue weighted by Gasteiger charge is -2.40.